The van der Waals surface area contributed by atoms with Gasteiger partial charge in [0.05, 0.1) is 18.9 Å². The number of aryl methyl sites for hydroxylation is 1. The molecule has 0 radical (unpaired) electrons. The summed E-state index contributed by atoms with van der Waals surface area (Å²) in [5.74, 6) is -0.363. The van der Waals surface area contributed by atoms with Crippen LogP contribution >= 0.6 is 0 Å². The first-order valence-corrected chi connectivity index (χ1v) is 10.0. The summed E-state index contributed by atoms with van der Waals surface area (Å²) in [6, 6.07) is 16.1. The van der Waals surface area contributed by atoms with E-state index in [9.17, 15) is 9.90 Å². The number of carboxylic acids is 1. The molecule has 7 heteroatoms. The predicted octanol–water partition coefficient (Wildman–Crippen LogP) is 3.32. The lowest BCUT2D eigenvalue weighted by molar-refractivity contribution is 0.0687. The molecule has 0 atom stereocenters. The maximum Gasteiger partial charge on any atom is 0.354 e. The van der Waals surface area contributed by atoms with Gasteiger partial charge in [0.2, 0.25) is 0 Å². The number of fused-ring (bicyclic) bond motifs is 2. The number of ether oxygens (including phenoxy) is 1. The molecule has 0 bridgehead atoms. The van der Waals surface area contributed by atoms with Crippen LogP contribution in [-0.4, -0.2) is 52.0 Å². The average molecular weight is 402 g/mol. The third kappa shape index (κ3) is 3.17. The molecule has 0 amide bonds. The fourth-order valence-corrected chi connectivity index (χ4v) is 4.11. The van der Waals surface area contributed by atoms with E-state index in [-0.39, 0.29) is 5.69 Å². The van der Waals surface area contributed by atoms with Gasteiger partial charge in [-0.25, -0.2) is 14.3 Å². The number of aromatic carboxylic acids is 1. The third-order valence-electron chi connectivity index (χ3n) is 5.67. The lowest BCUT2D eigenvalue weighted by Crippen LogP contribution is -2.37. The molecular formula is C23H22N4O3. The SMILES string of the molecule is Cc1nn2c(C(=O)O)cc(N3CCOCC3)nc2c1Cc1cccc2ccccc12. The van der Waals surface area contributed by atoms with E-state index in [0.717, 1.165) is 11.3 Å². The Bertz CT molecular complexity index is 1250. The highest BCUT2D eigenvalue weighted by Gasteiger charge is 2.22. The fourth-order valence-electron chi connectivity index (χ4n) is 4.11. The Morgan fingerprint density at radius 3 is 2.70 bits per heavy atom. The number of hydrogen-bond acceptors (Lipinski definition) is 5. The van der Waals surface area contributed by atoms with Crippen LogP contribution in [0.3, 0.4) is 0 Å². The molecule has 1 aliphatic rings. The molecule has 1 N–H and O–H groups in total. The number of carbonyl (C=O) groups is 1. The van der Waals surface area contributed by atoms with E-state index >= 15 is 0 Å². The van der Waals surface area contributed by atoms with E-state index in [4.69, 9.17) is 9.72 Å². The van der Waals surface area contributed by atoms with Crippen LogP contribution in [0.15, 0.2) is 48.5 Å². The van der Waals surface area contributed by atoms with Gasteiger partial charge in [-0.2, -0.15) is 5.10 Å². The van der Waals surface area contributed by atoms with Crippen molar-refractivity contribution in [1.29, 1.82) is 0 Å². The van der Waals surface area contributed by atoms with Gasteiger partial charge in [0.1, 0.15) is 5.82 Å². The normalized spacial score (nSPS) is 14.5. The van der Waals surface area contributed by atoms with E-state index in [2.05, 4.69) is 34.3 Å². The smallest absolute Gasteiger partial charge is 0.354 e. The molecule has 1 aliphatic heterocycles. The van der Waals surface area contributed by atoms with Gasteiger partial charge in [-0.3, -0.25) is 0 Å². The zero-order chi connectivity index (χ0) is 20.7. The molecule has 4 aromatic rings. The first-order chi connectivity index (χ1) is 14.6. The minimum Gasteiger partial charge on any atom is -0.477 e. The predicted molar refractivity (Wildman–Crippen MR) is 114 cm³/mol. The first-order valence-electron chi connectivity index (χ1n) is 10.0. The molecule has 0 spiro atoms. The molecule has 3 heterocycles. The number of nitrogens with zero attached hydrogens (tertiary/aromatic N) is 4. The molecule has 30 heavy (non-hydrogen) atoms. The summed E-state index contributed by atoms with van der Waals surface area (Å²) in [6.07, 6.45) is 0.634. The second-order valence-corrected chi connectivity index (χ2v) is 7.52. The largest absolute Gasteiger partial charge is 0.477 e. The Kier molecular flexibility index (Phi) is 4.59. The number of aromatic nitrogens is 3. The minimum atomic E-state index is -1.02. The van der Waals surface area contributed by atoms with Crippen molar-refractivity contribution < 1.29 is 14.6 Å². The van der Waals surface area contributed by atoms with Gasteiger partial charge in [0, 0.05) is 31.1 Å². The molecule has 0 unspecified atom stereocenters. The van der Waals surface area contributed by atoms with E-state index in [0.29, 0.717) is 44.2 Å². The van der Waals surface area contributed by atoms with Gasteiger partial charge < -0.3 is 14.7 Å². The Hall–Kier alpha value is -3.45. The van der Waals surface area contributed by atoms with Crippen LogP contribution in [0.5, 0.6) is 0 Å². The minimum absolute atomic E-state index is 0.119. The highest BCUT2D eigenvalue weighted by atomic mass is 16.5. The number of benzene rings is 2. The van der Waals surface area contributed by atoms with Gasteiger partial charge in [-0.15, -0.1) is 0 Å². The molecule has 7 nitrogen and oxygen atoms in total. The molecule has 5 rings (SSSR count). The Morgan fingerprint density at radius 2 is 1.90 bits per heavy atom. The van der Waals surface area contributed by atoms with E-state index in [1.807, 2.05) is 25.1 Å². The standard InChI is InChI=1S/C23H22N4O3/c1-15-19(13-17-7-4-6-16-5-2-3-8-18(16)17)22-24-21(26-9-11-30-12-10-26)14-20(23(28)29)27(22)25-15/h2-8,14H,9-13H2,1H3,(H,28,29). The van der Waals surface area contributed by atoms with E-state index in [1.165, 1.54) is 20.9 Å². The summed E-state index contributed by atoms with van der Waals surface area (Å²) in [5.41, 5.74) is 3.62. The van der Waals surface area contributed by atoms with Crippen molar-refractivity contribution >= 4 is 28.2 Å². The van der Waals surface area contributed by atoms with Gasteiger partial charge in [-0.1, -0.05) is 42.5 Å². The maximum atomic E-state index is 12.0. The third-order valence-corrected chi connectivity index (χ3v) is 5.67. The molecule has 152 valence electrons. The number of carboxylic acid groups (broad SMARTS) is 1. The summed E-state index contributed by atoms with van der Waals surface area (Å²) in [4.78, 5) is 18.9. The summed E-state index contributed by atoms with van der Waals surface area (Å²) in [6.45, 7) is 4.50. The van der Waals surface area contributed by atoms with Crippen LogP contribution in [0, 0.1) is 6.92 Å². The van der Waals surface area contributed by atoms with Crippen molar-refractivity contribution in [3.05, 3.63) is 71.0 Å². The van der Waals surface area contributed by atoms with Crippen LogP contribution in [0.2, 0.25) is 0 Å². The second-order valence-electron chi connectivity index (χ2n) is 7.52. The molecule has 2 aromatic carbocycles. The second kappa shape index (κ2) is 7.42. The molecule has 0 aliphatic carbocycles. The van der Waals surface area contributed by atoms with Crippen molar-refractivity contribution in [1.82, 2.24) is 14.6 Å². The summed E-state index contributed by atoms with van der Waals surface area (Å²) >= 11 is 0. The Balaban J connectivity index is 1.67. The number of rotatable bonds is 4. The zero-order valence-corrected chi connectivity index (χ0v) is 16.7. The van der Waals surface area contributed by atoms with Crippen molar-refractivity contribution in [3.63, 3.8) is 0 Å². The van der Waals surface area contributed by atoms with E-state index < -0.39 is 5.97 Å². The highest BCUT2D eigenvalue weighted by Crippen LogP contribution is 2.27. The first kappa shape index (κ1) is 18.6. The Morgan fingerprint density at radius 1 is 1.13 bits per heavy atom. The zero-order valence-electron chi connectivity index (χ0n) is 16.7. The molecular weight excluding hydrogens is 380 g/mol. The summed E-state index contributed by atoms with van der Waals surface area (Å²) < 4.78 is 6.89. The average Bonchev–Trinajstić information content (AvgIpc) is 3.09. The van der Waals surface area contributed by atoms with E-state index in [1.54, 1.807) is 6.07 Å². The lowest BCUT2D eigenvalue weighted by Gasteiger charge is -2.28. The number of morpholine rings is 1. The van der Waals surface area contributed by atoms with Crippen molar-refractivity contribution in [2.75, 3.05) is 31.2 Å². The van der Waals surface area contributed by atoms with Crippen LogP contribution in [0.25, 0.3) is 16.4 Å². The molecule has 1 fully saturated rings. The maximum absolute atomic E-state index is 12.0. The lowest BCUT2D eigenvalue weighted by atomic mass is 9.98. The molecule has 0 saturated carbocycles. The Labute approximate surface area is 173 Å². The summed E-state index contributed by atoms with van der Waals surface area (Å²) in [7, 11) is 0. The van der Waals surface area contributed by atoms with Crippen LogP contribution in [-0.2, 0) is 11.2 Å². The number of hydrogen-bond donors (Lipinski definition) is 1. The van der Waals surface area contributed by atoms with Gasteiger partial charge in [-0.05, 0) is 23.3 Å². The number of anilines is 1. The van der Waals surface area contributed by atoms with Crippen molar-refractivity contribution in [2.24, 2.45) is 0 Å². The van der Waals surface area contributed by atoms with Crippen molar-refractivity contribution in [3.8, 4) is 0 Å². The molecule has 2 aromatic heterocycles. The van der Waals surface area contributed by atoms with Crippen LogP contribution in [0.1, 0.15) is 27.3 Å². The monoisotopic (exact) mass is 402 g/mol. The fraction of sp³-hybridized carbons (Fsp3) is 0.261. The molecule has 1 saturated heterocycles. The van der Waals surface area contributed by atoms with Gasteiger partial charge in [0.25, 0.3) is 0 Å². The van der Waals surface area contributed by atoms with Crippen LogP contribution in [0.4, 0.5) is 5.82 Å². The van der Waals surface area contributed by atoms with Gasteiger partial charge >= 0.3 is 5.97 Å². The highest BCUT2D eigenvalue weighted by molar-refractivity contribution is 5.88. The van der Waals surface area contributed by atoms with Gasteiger partial charge in [0.15, 0.2) is 11.3 Å². The van der Waals surface area contributed by atoms with Crippen molar-refractivity contribution in [2.45, 2.75) is 13.3 Å². The quantitative estimate of drug-likeness (QED) is 0.564. The van der Waals surface area contributed by atoms with Crippen LogP contribution < -0.4 is 4.90 Å². The summed E-state index contributed by atoms with van der Waals surface area (Å²) in [5, 5.41) is 16.7. The topological polar surface area (TPSA) is 80.0 Å².